The van der Waals surface area contributed by atoms with Gasteiger partial charge in [-0.1, -0.05) is 60.7 Å². The molecule has 4 rings (SSSR count). The zero-order valence-corrected chi connectivity index (χ0v) is 14.5. The number of Topliss-reactive ketones (excluding diaryl/α,β-unsaturated/α-hetero) is 1. The first kappa shape index (κ1) is 16.2. The number of hydrogen-bond acceptors (Lipinski definition) is 5. The highest BCUT2D eigenvalue weighted by atomic mass is 32.1. The summed E-state index contributed by atoms with van der Waals surface area (Å²) in [4.78, 5) is 25.1. The van der Waals surface area contributed by atoms with Crippen LogP contribution in [0.4, 0.5) is 0 Å². The molecule has 4 aromatic rings. The number of ketones is 1. The molecule has 0 N–H and O–H groups in total. The molecule has 0 aliphatic rings. The van der Waals surface area contributed by atoms with Crippen LogP contribution in [-0.4, -0.2) is 15.6 Å². The molecule has 26 heavy (non-hydrogen) atoms. The molecule has 2 heterocycles. The average Bonchev–Trinajstić information content (AvgIpc) is 3.33. The third-order valence-corrected chi connectivity index (χ3v) is 4.80. The maximum Gasteiger partial charge on any atom is 0.437 e. The van der Waals surface area contributed by atoms with Crippen LogP contribution in [0.1, 0.15) is 10.4 Å². The number of benzene rings is 2. The van der Waals surface area contributed by atoms with Crippen LogP contribution in [0, 0.1) is 0 Å². The van der Waals surface area contributed by atoms with Crippen LogP contribution >= 0.6 is 11.3 Å². The molecular formula is C20H14N2O3S. The Bertz CT molecular complexity index is 1080. The van der Waals surface area contributed by atoms with Gasteiger partial charge >= 0.3 is 5.76 Å². The summed E-state index contributed by atoms with van der Waals surface area (Å²) < 4.78 is 6.19. The van der Waals surface area contributed by atoms with Crippen LogP contribution in [0.25, 0.3) is 21.9 Å². The van der Waals surface area contributed by atoms with Gasteiger partial charge in [0.15, 0.2) is 5.78 Å². The van der Waals surface area contributed by atoms with Gasteiger partial charge in [-0.3, -0.25) is 4.79 Å². The van der Waals surface area contributed by atoms with Crippen molar-refractivity contribution in [3.05, 3.63) is 88.2 Å². The molecule has 0 spiro atoms. The van der Waals surface area contributed by atoms with Crippen LogP contribution in [0.5, 0.6) is 0 Å². The third-order valence-electron chi connectivity index (χ3n) is 3.95. The van der Waals surface area contributed by atoms with Crippen molar-refractivity contribution in [1.82, 2.24) is 9.78 Å². The molecular weight excluding hydrogens is 348 g/mol. The first-order valence-corrected chi connectivity index (χ1v) is 8.89. The molecule has 0 amide bonds. The maximum absolute atomic E-state index is 12.5. The Balaban J connectivity index is 1.53. The number of nitrogens with zero attached hydrogens (tertiary/aromatic N) is 2. The fourth-order valence-electron chi connectivity index (χ4n) is 2.61. The van der Waals surface area contributed by atoms with Gasteiger partial charge in [-0.2, -0.15) is 4.68 Å². The highest BCUT2D eigenvalue weighted by Gasteiger charge is 2.15. The summed E-state index contributed by atoms with van der Waals surface area (Å²) in [5.41, 5.74) is 2.64. The van der Waals surface area contributed by atoms with E-state index in [0.717, 1.165) is 20.7 Å². The Labute approximate surface area is 153 Å². The Morgan fingerprint density at radius 3 is 2.38 bits per heavy atom. The summed E-state index contributed by atoms with van der Waals surface area (Å²) >= 11 is 1.42. The molecule has 0 atom stereocenters. The molecule has 2 aromatic carbocycles. The standard InChI is InChI=1S/C20H14N2O3S/c23-17(13-22-20(24)25-19(21-22)18-7-4-12-26-18)16-10-8-15(9-11-16)14-5-2-1-3-6-14/h1-12H,13H2. The zero-order chi connectivity index (χ0) is 17.9. The molecule has 0 bridgehead atoms. The Kier molecular flexibility index (Phi) is 4.33. The van der Waals surface area contributed by atoms with Gasteiger partial charge in [-0.25, -0.2) is 4.79 Å². The molecule has 0 fully saturated rings. The summed E-state index contributed by atoms with van der Waals surface area (Å²) in [6.45, 7) is -0.154. The van der Waals surface area contributed by atoms with Crippen molar-refractivity contribution in [2.45, 2.75) is 6.54 Å². The van der Waals surface area contributed by atoms with Gasteiger partial charge in [0.25, 0.3) is 5.89 Å². The molecule has 5 nitrogen and oxygen atoms in total. The van der Waals surface area contributed by atoms with Crippen molar-refractivity contribution >= 4 is 17.1 Å². The maximum atomic E-state index is 12.5. The fourth-order valence-corrected chi connectivity index (χ4v) is 3.26. The van der Waals surface area contributed by atoms with Crippen LogP contribution in [-0.2, 0) is 6.54 Å². The predicted octanol–water partition coefficient (Wildman–Crippen LogP) is 4.11. The normalized spacial score (nSPS) is 10.8. The van der Waals surface area contributed by atoms with Crippen molar-refractivity contribution in [2.24, 2.45) is 0 Å². The van der Waals surface area contributed by atoms with E-state index in [0.29, 0.717) is 5.56 Å². The minimum Gasteiger partial charge on any atom is -0.387 e. The Hall–Kier alpha value is -3.25. The second kappa shape index (κ2) is 6.93. The van der Waals surface area contributed by atoms with E-state index in [2.05, 4.69) is 5.10 Å². The lowest BCUT2D eigenvalue weighted by atomic mass is 10.0. The largest absolute Gasteiger partial charge is 0.437 e. The Morgan fingerprint density at radius 1 is 0.962 bits per heavy atom. The van der Waals surface area contributed by atoms with E-state index in [1.54, 1.807) is 12.1 Å². The van der Waals surface area contributed by atoms with Gasteiger partial charge in [0, 0.05) is 5.56 Å². The van der Waals surface area contributed by atoms with E-state index in [4.69, 9.17) is 4.42 Å². The van der Waals surface area contributed by atoms with Crippen LogP contribution in [0.2, 0.25) is 0 Å². The molecule has 0 radical (unpaired) electrons. The quantitative estimate of drug-likeness (QED) is 0.501. The predicted molar refractivity (Wildman–Crippen MR) is 100 cm³/mol. The summed E-state index contributed by atoms with van der Waals surface area (Å²) in [5.74, 6) is -0.599. The van der Waals surface area contributed by atoms with E-state index in [-0.39, 0.29) is 18.2 Å². The van der Waals surface area contributed by atoms with E-state index >= 15 is 0 Å². The van der Waals surface area contributed by atoms with Crippen LogP contribution < -0.4 is 5.76 Å². The van der Waals surface area contributed by atoms with Gasteiger partial charge in [0.1, 0.15) is 6.54 Å². The second-order valence-corrected chi connectivity index (χ2v) is 6.62. The second-order valence-electron chi connectivity index (χ2n) is 5.67. The van der Waals surface area contributed by atoms with Gasteiger partial charge in [-0.15, -0.1) is 16.4 Å². The SMILES string of the molecule is O=C(Cn1nc(-c2cccs2)oc1=O)c1ccc(-c2ccccc2)cc1. The monoisotopic (exact) mass is 362 g/mol. The van der Waals surface area contributed by atoms with Crippen molar-refractivity contribution in [3.63, 3.8) is 0 Å². The molecule has 2 aromatic heterocycles. The molecule has 128 valence electrons. The fraction of sp³-hybridized carbons (Fsp3) is 0.0500. The zero-order valence-electron chi connectivity index (χ0n) is 13.7. The van der Waals surface area contributed by atoms with E-state index < -0.39 is 5.76 Å². The van der Waals surface area contributed by atoms with Gasteiger partial charge in [-0.05, 0) is 22.6 Å². The number of thiophene rings is 1. The minimum atomic E-state index is -0.636. The topological polar surface area (TPSA) is 65.1 Å². The lowest BCUT2D eigenvalue weighted by Gasteiger charge is -2.04. The first-order chi connectivity index (χ1) is 12.7. The van der Waals surface area contributed by atoms with Crippen molar-refractivity contribution < 1.29 is 9.21 Å². The van der Waals surface area contributed by atoms with Crippen molar-refractivity contribution in [3.8, 4) is 21.9 Å². The van der Waals surface area contributed by atoms with Gasteiger partial charge in [0.05, 0.1) is 4.88 Å². The summed E-state index contributed by atoms with van der Waals surface area (Å²) in [5, 5.41) is 5.98. The van der Waals surface area contributed by atoms with Crippen molar-refractivity contribution in [2.75, 3.05) is 0 Å². The lowest BCUT2D eigenvalue weighted by molar-refractivity contribution is 0.0965. The third kappa shape index (κ3) is 3.27. The molecule has 0 saturated carbocycles. The minimum absolute atomic E-state index is 0.154. The van der Waals surface area contributed by atoms with Crippen LogP contribution in [0.15, 0.2) is 81.3 Å². The lowest BCUT2D eigenvalue weighted by Crippen LogP contribution is -2.21. The van der Waals surface area contributed by atoms with E-state index in [1.807, 2.05) is 60.0 Å². The smallest absolute Gasteiger partial charge is 0.387 e. The average molecular weight is 362 g/mol. The summed E-state index contributed by atoms with van der Waals surface area (Å²) in [6.07, 6.45) is 0. The van der Waals surface area contributed by atoms with E-state index in [9.17, 15) is 9.59 Å². The van der Waals surface area contributed by atoms with Crippen LogP contribution in [0.3, 0.4) is 0 Å². The summed E-state index contributed by atoms with van der Waals surface area (Å²) in [6, 6.07) is 20.9. The number of carbonyl (C=O) groups excluding carboxylic acids is 1. The van der Waals surface area contributed by atoms with Gasteiger partial charge < -0.3 is 4.42 Å². The number of hydrogen-bond donors (Lipinski definition) is 0. The van der Waals surface area contributed by atoms with Crippen molar-refractivity contribution in [1.29, 1.82) is 0 Å². The first-order valence-electron chi connectivity index (χ1n) is 8.01. The number of aromatic nitrogens is 2. The van der Waals surface area contributed by atoms with E-state index in [1.165, 1.54) is 11.3 Å². The Morgan fingerprint density at radius 2 is 1.69 bits per heavy atom. The molecule has 0 aliphatic heterocycles. The molecule has 0 aliphatic carbocycles. The molecule has 6 heteroatoms. The highest BCUT2D eigenvalue weighted by molar-refractivity contribution is 7.13. The highest BCUT2D eigenvalue weighted by Crippen LogP contribution is 2.22. The number of rotatable bonds is 5. The number of carbonyl (C=O) groups is 1. The molecule has 0 unspecified atom stereocenters. The summed E-state index contributed by atoms with van der Waals surface area (Å²) in [7, 11) is 0. The molecule has 0 saturated heterocycles. The van der Waals surface area contributed by atoms with Gasteiger partial charge in [0.2, 0.25) is 0 Å².